The summed E-state index contributed by atoms with van der Waals surface area (Å²) in [5, 5.41) is 0.414. The Morgan fingerprint density at radius 1 is 1.50 bits per heavy atom. The largest absolute Gasteiger partial charge is 0.340 e. The number of carbonyl (C=O) groups excluding carboxylic acids is 1. The van der Waals surface area contributed by atoms with Crippen molar-refractivity contribution in [2.45, 2.75) is 19.2 Å². The second-order valence-corrected chi connectivity index (χ2v) is 5.10. The lowest BCUT2D eigenvalue weighted by molar-refractivity contribution is 0.0796. The molecule has 0 aliphatic heterocycles. The third-order valence-electron chi connectivity index (χ3n) is 2.23. The minimum atomic E-state index is -0.0995. The Labute approximate surface area is 106 Å². The highest BCUT2D eigenvalue weighted by atomic mass is 35.5. The van der Waals surface area contributed by atoms with E-state index in [1.54, 1.807) is 24.1 Å². The maximum absolute atomic E-state index is 12.0. The van der Waals surface area contributed by atoms with Crippen LogP contribution in [-0.4, -0.2) is 29.8 Å². The Bertz CT molecular complexity index is 391. The van der Waals surface area contributed by atoms with Crippen molar-refractivity contribution in [3.63, 3.8) is 0 Å². The molecular formula is C12H15Cl2NO. The highest BCUT2D eigenvalue weighted by Gasteiger charge is 2.16. The molecule has 0 fully saturated rings. The smallest absolute Gasteiger partial charge is 0.255 e. The Hall–Kier alpha value is -0.730. The van der Waals surface area contributed by atoms with Crippen LogP contribution in [0.2, 0.25) is 5.02 Å². The minimum Gasteiger partial charge on any atom is -0.340 e. The first-order chi connectivity index (χ1) is 7.41. The molecule has 0 saturated carbocycles. The molecule has 16 heavy (non-hydrogen) atoms. The molecule has 0 aliphatic rings. The van der Waals surface area contributed by atoms with Crippen LogP contribution in [0.3, 0.4) is 0 Å². The van der Waals surface area contributed by atoms with E-state index >= 15 is 0 Å². The molecule has 0 N–H and O–H groups in total. The van der Waals surface area contributed by atoms with Gasteiger partial charge in [0.1, 0.15) is 0 Å². The van der Waals surface area contributed by atoms with Crippen molar-refractivity contribution in [3.05, 3.63) is 34.3 Å². The Morgan fingerprint density at radius 3 is 2.62 bits per heavy atom. The number of benzene rings is 1. The van der Waals surface area contributed by atoms with Gasteiger partial charge >= 0.3 is 0 Å². The minimum absolute atomic E-state index is 0.0711. The standard InChI is InChI=1S/C12H15Cl2NO/c1-8-4-5-10(11(14)6-8)12(16)15(3)7-9(2)13/h4-6,9H,7H2,1-3H3. The second-order valence-electron chi connectivity index (χ2n) is 3.95. The molecule has 4 heteroatoms. The van der Waals surface area contributed by atoms with Crippen molar-refractivity contribution in [3.8, 4) is 0 Å². The summed E-state index contributed by atoms with van der Waals surface area (Å²) in [6, 6.07) is 5.40. The molecule has 1 unspecified atom stereocenters. The number of amides is 1. The molecule has 1 atom stereocenters. The van der Waals surface area contributed by atoms with Gasteiger partial charge in [0.2, 0.25) is 0 Å². The van der Waals surface area contributed by atoms with Crippen LogP contribution in [-0.2, 0) is 0 Å². The molecule has 88 valence electrons. The van der Waals surface area contributed by atoms with Gasteiger partial charge in [0.15, 0.2) is 0 Å². The summed E-state index contributed by atoms with van der Waals surface area (Å²) >= 11 is 11.9. The fourth-order valence-corrected chi connectivity index (χ4v) is 1.98. The summed E-state index contributed by atoms with van der Waals surface area (Å²) < 4.78 is 0. The maximum Gasteiger partial charge on any atom is 0.255 e. The number of hydrogen-bond acceptors (Lipinski definition) is 1. The molecule has 0 spiro atoms. The number of hydrogen-bond donors (Lipinski definition) is 0. The van der Waals surface area contributed by atoms with Gasteiger partial charge in [-0.25, -0.2) is 0 Å². The number of rotatable bonds is 3. The van der Waals surface area contributed by atoms with Crippen LogP contribution in [0, 0.1) is 6.92 Å². The molecule has 1 rings (SSSR count). The molecule has 0 saturated heterocycles. The van der Waals surface area contributed by atoms with Crippen molar-refractivity contribution in [2.75, 3.05) is 13.6 Å². The third kappa shape index (κ3) is 3.39. The lowest BCUT2D eigenvalue weighted by Gasteiger charge is -2.19. The first kappa shape index (κ1) is 13.3. The van der Waals surface area contributed by atoms with Gasteiger partial charge in [0.05, 0.1) is 10.6 Å². The van der Waals surface area contributed by atoms with Crippen LogP contribution in [0.15, 0.2) is 18.2 Å². The van der Waals surface area contributed by atoms with E-state index in [1.165, 1.54) is 0 Å². The zero-order valence-electron chi connectivity index (χ0n) is 9.63. The molecule has 1 amide bonds. The van der Waals surface area contributed by atoms with Gasteiger partial charge in [0.25, 0.3) is 5.91 Å². The third-order valence-corrected chi connectivity index (χ3v) is 2.68. The van der Waals surface area contributed by atoms with Crippen LogP contribution in [0.4, 0.5) is 0 Å². The van der Waals surface area contributed by atoms with Crippen LogP contribution in [0.25, 0.3) is 0 Å². The summed E-state index contributed by atoms with van der Waals surface area (Å²) in [6.07, 6.45) is 0. The van der Waals surface area contributed by atoms with Gasteiger partial charge < -0.3 is 4.90 Å². The van der Waals surface area contributed by atoms with E-state index in [4.69, 9.17) is 23.2 Å². The quantitative estimate of drug-likeness (QED) is 0.763. The van der Waals surface area contributed by atoms with Gasteiger partial charge in [-0.15, -0.1) is 11.6 Å². The molecular weight excluding hydrogens is 245 g/mol. The normalized spacial score (nSPS) is 12.3. The van der Waals surface area contributed by atoms with Crippen molar-refractivity contribution < 1.29 is 4.79 Å². The van der Waals surface area contributed by atoms with Crippen molar-refractivity contribution in [1.29, 1.82) is 0 Å². The zero-order valence-corrected chi connectivity index (χ0v) is 11.1. The van der Waals surface area contributed by atoms with Gasteiger partial charge in [-0.2, -0.15) is 0 Å². The van der Waals surface area contributed by atoms with Crippen molar-refractivity contribution in [2.24, 2.45) is 0 Å². The molecule has 0 heterocycles. The Morgan fingerprint density at radius 2 is 2.12 bits per heavy atom. The summed E-state index contributed by atoms with van der Waals surface area (Å²) in [6.45, 7) is 4.29. The summed E-state index contributed by atoms with van der Waals surface area (Å²) in [5.74, 6) is -0.0995. The molecule has 1 aromatic rings. The number of aryl methyl sites for hydroxylation is 1. The fraction of sp³-hybridized carbons (Fsp3) is 0.417. The lowest BCUT2D eigenvalue weighted by atomic mass is 10.1. The number of alkyl halides is 1. The van der Waals surface area contributed by atoms with E-state index in [0.717, 1.165) is 5.56 Å². The van der Waals surface area contributed by atoms with Gasteiger partial charge in [0, 0.05) is 19.0 Å². The maximum atomic E-state index is 12.0. The average molecular weight is 260 g/mol. The molecule has 1 aromatic carbocycles. The summed E-state index contributed by atoms with van der Waals surface area (Å²) in [4.78, 5) is 13.6. The monoisotopic (exact) mass is 259 g/mol. The van der Waals surface area contributed by atoms with Crippen molar-refractivity contribution in [1.82, 2.24) is 4.90 Å². The van der Waals surface area contributed by atoms with E-state index in [2.05, 4.69) is 0 Å². The van der Waals surface area contributed by atoms with Crippen LogP contribution < -0.4 is 0 Å². The summed E-state index contributed by atoms with van der Waals surface area (Å²) in [5.41, 5.74) is 1.56. The predicted molar refractivity (Wildman–Crippen MR) is 68.5 cm³/mol. The van der Waals surface area contributed by atoms with E-state index in [-0.39, 0.29) is 11.3 Å². The van der Waals surface area contributed by atoms with E-state index < -0.39 is 0 Å². The highest BCUT2D eigenvalue weighted by molar-refractivity contribution is 6.33. The Kier molecular flexibility index (Phi) is 4.63. The van der Waals surface area contributed by atoms with Gasteiger partial charge in [-0.1, -0.05) is 17.7 Å². The topological polar surface area (TPSA) is 20.3 Å². The molecule has 2 nitrogen and oxygen atoms in total. The first-order valence-electron chi connectivity index (χ1n) is 5.07. The lowest BCUT2D eigenvalue weighted by Crippen LogP contribution is -2.31. The van der Waals surface area contributed by atoms with E-state index in [1.807, 2.05) is 19.9 Å². The molecule has 0 radical (unpaired) electrons. The van der Waals surface area contributed by atoms with Crippen LogP contribution in [0.1, 0.15) is 22.8 Å². The van der Waals surface area contributed by atoms with E-state index in [9.17, 15) is 4.79 Å². The van der Waals surface area contributed by atoms with E-state index in [0.29, 0.717) is 17.1 Å². The van der Waals surface area contributed by atoms with Crippen molar-refractivity contribution >= 4 is 29.1 Å². The number of nitrogens with zero attached hydrogens (tertiary/aromatic N) is 1. The summed E-state index contributed by atoms with van der Waals surface area (Å²) in [7, 11) is 1.72. The van der Waals surface area contributed by atoms with Crippen LogP contribution in [0.5, 0.6) is 0 Å². The van der Waals surface area contributed by atoms with Gasteiger partial charge in [-0.3, -0.25) is 4.79 Å². The predicted octanol–water partition coefficient (Wildman–Crippen LogP) is 3.35. The number of carbonyl (C=O) groups is 1. The zero-order chi connectivity index (χ0) is 12.3. The second kappa shape index (κ2) is 5.55. The number of halogens is 2. The first-order valence-corrected chi connectivity index (χ1v) is 5.89. The Balaban J connectivity index is 2.88. The highest BCUT2D eigenvalue weighted by Crippen LogP contribution is 2.19. The fourth-order valence-electron chi connectivity index (χ4n) is 1.46. The average Bonchev–Trinajstić information content (AvgIpc) is 2.15. The molecule has 0 aromatic heterocycles. The van der Waals surface area contributed by atoms with Gasteiger partial charge in [-0.05, 0) is 31.5 Å². The SMILES string of the molecule is Cc1ccc(C(=O)N(C)CC(C)Cl)c(Cl)c1. The molecule has 0 aliphatic carbocycles. The van der Waals surface area contributed by atoms with Crippen LogP contribution >= 0.6 is 23.2 Å². The molecule has 0 bridgehead atoms.